The Hall–Kier alpha value is -1.78. The summed E-state index contributed by atoms with van der Waals surface area (Å²) in [5.41, 5.74) is 3.55. The smallest absolute Gasteiger partial charge is 0.0868 e. The number of hydrogen-bond donors (Lipinski definition) is 0. The van der Waals surface area contributed by atoms with Gasteiger partial charge in [-0.25, -0.2) is 0 Å². The van der Waals surface area contributed by atoms with Crippen LogP contribution in [0.2, 0.25) is 0 Å². The van der Waals surface area contributed by atoms with E-state index in [9.17, 15) is 0 Å². The summed E-state index contributed by atoms with van der Waals surface area (Å²) in [6, 6.07) is 15.1. The van der Waals surface area contributed by atoms with E-state index in [1.54, 1.807) is 0 Å². The fraction of sp³-hybridized carbons (Fsp3) is 0. The minimum atomic E-state index is 0.710. The lowest BCUT2D eigenvalue weighted by molar-refractivity contribution is 1.32. The summed E-state index contributed by atoms with van der Waals surface area (Å²) < 4.78 is 6.40. The fourth-order valence-electron chi connectivity index (χ4n) is 1.53. The molecule has 0 bridgehead atoms. The molecule has 0 fully saturated rings. The molecule has 2 aromatic carbocycles. The lowest BCUT2D eigenvalue weighted by Gasteiger charge is -2.01. The zero-order chi connectivity index (χ0) is 12.8. The molecule has 0 unspecified atom stereocenters. The van der Waals surface area contributed by atoms with E-state index in [2.05, 4.69) is 19.5 Å². The molecule has 0 spiro atoms. The predicted molar refractivity (Wildman–Crippen MR) is 72.6 cm³/mol. The molecule has 0 saturated carbocycles. The van der Waals surface area contributed by atoms with Crippen LogP contribution in [-0.2, 0) is 0 Å². The Morgan fingerprint density at radius 2 is 0.889 bits per heavy atom. The summed E-state index contributed by atoms with van der Waals surface area (Å²) in [6.07, 6.45) is 0. The van der Waals surface area contributed by atoms with Crippen LogP contribution in [-0.4, -0.2) is 0 Å². The Kier molecular flexibility index (Phi) is 4.39. The molecule has 6 heteroatoms. The first-order valence-electron chi connectivity index (χ1n) is 5.08. The van der Waals surface area contributed by atoms with Crippen LogP contribution in [0.15, 0.2) is 68.0 Å². The van der Waals surface area contributed by atoms with Gasteiger partial charge in [0.05, 0.1) is 34.9 Å². The molecule has 0 N–H and O–H groups in total. The summed E-state index contributed by atoms with van der Waals surface area (Å²) in [4.78, 5) is 0. The number of hydrogen-bond acceptors (Lipinski definition) is 4. The molecule has 0 radical (unpaired) electrons. The zero-order valence-electron chi connectivity index (χ0n) is 9.16. The molecule has 90 valence electrons. The van der Waals surface area contributed by atoms with Crippen LogP contribution < -0.4 is 0 Å². The van der Waals surface area contributed by atoms with Crippen LogP contribution in [0.1, 0.15) is 0 Å². The minimum Gasteiger partial charge on any atom is -0.138 e. The molecule has 0 heterocycles. The predicted octanol–water partition coefficient (Wildman–Crippen LogP) is 5.83. The first-order valence-corrected chi connectivity index (χ1v) is 5.75. The maximum atomic E-state index is 5.17. The third-order valence-corrected chi connectivity index (χ3v) is 2.53. The van der Waals surface area contributed by atoms with Crippen molar-refractivity contribution in [2.45, 2.75) is 0 Å². The number of nitrogens with zero attached hydrogens (tertiary/aromatic N) is 4. The van der Waals surface area contributed by atoms with Gasteiger partial charge in [-0.2, -0.15) is 0 Å². The highest BCUT2D eigenvalue weighted by atomic mass is 35.5. The quantitative estimate of drug-likeness (QED) is 0.635. The average Bonchev–Trinajstić information content (AvgIpc) is 2.41. The molecular weight excluding hydrogens is 271 g/mol. The molecule has 0 aliphatic carbocycles. The van der Waals surface area contributed by atoms with Crippen LogP contribution in [0.3, 0.4) is 0 Å². The second-order valence-corrected chi connectivity index (χ2v) is 3.75. The highest BCUT2D eigenvalue weighted by Gasteiger charge is 1.98. The van der Waals surface area contributed by atoms with Gasteiger partial charge in [0, 0.05) is 0 Å². The number of benzene rings is 2. The molecule has 0 amide bonds. The van der Waals surface area contributed by atoms with Gasteiger partial charge < -0.3 is 0 Å². The van der Waals surface area contributed by atoms with Crippen LogP contribution in [0.25, 0.3) is 11.1 Å². The Bertz CT molecular complexity index is 508. The lowest BCUT2D eigenvalue weighted by Crippen LogP contribution is -1.76. The maximum absolute atomic E-state index is 5.17. The Morgan fingerprint density at radius 1 is 0.556 bits per heavy atom. The molecule has 4 nitrogen and oxygen atoms in total. The van der Waals surface area contributed by atoms with Crippen LogP contribution in [0.5, 0.6) is 0 Å². The fourth-order valence-corrected chi connectivity index (χ4v) is 1.70. The molecule has 0 atom stereocenters. The van der Waals surface area contributed by atoms with Gasteiger partial charge in [0.25, 0.3) is 0 Å². The summed E-state index contributed by atoms with van der Waals surface area (Å²) in [5, 5.41) is 7.46. The summed E-state index contributed by atoms with van der Waals surface area (Å²) in [7, 11) is 0. The maximum Gasteiger partial charge on any atom is 0.0868 e. The van der Waals surface area contributed by atoms with E-state index in [0.717, 1.165) is 11.1 Å². The van der Waals surface area contributed by atoms with E-state index < -0.39 is 0 Å². The van der Waals surface area contributed by atoms with Crippen molar-refractivity contribution >= 4 is 34.9 Å². The first-order chi connectivity index (χ1) is 8.83. The van der Waals surface area contributed by atoms with Gasteiger partial charge in [-0.1, -0.05) is 33.5 Å². The van der Waals surface area contributed by atoms with E-state index in [1.165, 1.54) is 0 Å². The van der Waals surface area contributed by atoms with Crippen molar-refractivity contribution in [3.8, 4) is 11.1 Å². The molecule has 2 rings (SSSR count). The van der Waals surface area contributed by atoms with E-state index in [0.29, 0.717) is 11.4 Å². The molecular formula is C12H8Cl2N4. The van der Waals surface area contributed by atoms with Crippen molar-refractivity contribution in [3.63, 3.8) is 0 Å². The molecule has 0 aliphatic heterocycles. The average molecular weight is 279 g/mol. The van der Waals surface area contributed by atoms with Crippen LogP contribution in [0, 0.1) is 0 Å². The monoisotopic (exact) mass is 278 g/mol. The molecule has 18 heavy (non-hydrogen) atoms. The van der Waals surface area contributed by atoms with Crippen molar-refractivity contribution in [3.05, 3.63) is 48.5 Å². The third-order valence-electron chi connectivity index (χ3n) is 2.37. The van der Waals surface area contributed by atoms with E-state index in [-0.39, 0.29) is 0 Å². The highest BCUT2D eigenvalue weighted by molar-refractivity contribution is 6.14. The van der Waals surface area contributed by atoms with Crippen molar-refractivity contribution in [1.29, 1.82) is 0 Å². The van der Waals surface area contributed by atoms with E-state index in [4.69, 9.17) is 23.6 Å². The summed E-state index contributed by atoms with van der Waals surface area (Å²) >= 11 is 10.3. The van der Waals surface area contributed by atoms with Crippen molar-refractivity contribution < 1.29 is 0 Å². The molecule has 0 aliphatic rings. The van der Waals surface area contributed by atoms with Crippen LogP contribution >= 0.6 is 23.6 Å². The molecule has 0 saturated heterocycles. The first kappa shape index (κ1) is 12.7. The Morgan fingerprint density at radius 3 is 1.17 bits per heavy atom. The summed E-state index contributed by atoms with van der Waals surface area (Å²) in [6.45, 7) is 0. The van der Waals surface area contributed by atoms with E-state index in [1.807, 2.05) is 48.5 Å². The van der Waals surface area contributed by atoms with Crippen molar-refractivity contribution in [1.82, 2.24) is 0 Å². The number of rotatable bonds is 3. The Labute approximate surface area is 114 Å². The second-order valence-electron chi connectivity index (χ2n) is 3.44. The van der Waals surface area contributed by atoms with E-state index >= 15 is 0 Å². The SMILES string of the molecule is ClN=Nc1ccc(-c2ccc(N=NCl)cc2)cc1. The van der Waals surface area contributed by atoms with Crippen molar-refractivity contribution in [2.24, 2.45) is 19.5 Å². The minimum absolute atomic E-state index is 0.710. The topological polar surface area (TPSA) is 49.4 Å². The Balaban J connectivity index is 2.25. The van der Waals surface area contributed by atoms with Crippen molar-refractivity contribution in [2.75, 3.05) is 0 Å². The normalized spacial score (nSPS) is 11.4. The molecule has 2 aromatic rings. The zero-order valence-corrected chi connectivity index (χ0v) is 10.7. The van der Waals surface area contributed by atoms with Gasteiger partial charge in [0.15, 0.2) is 0 Å². The standard InChI is InChI=1S/C12H8Cl2N4/c13-17-15-11-5-1-9(2-6-11)10-3-7-12(8-4-10)16-18-14/h1-8H. The van der Waals surface area contributed by atoms with Gasteiger partial charge >= 0.3 is 0 Å². The van der Waals surface area contributed by atoms with Gasteiger partial charge in [-0.3, -0.25) is 0 Å². The van der Waals surface area contributed by atoms with Gasteiger partial charge in [0.2, 0.25) is 0 Å². The lowest BCUT2D eigenvalue weighted by atomic mass is 10.1. The second kappa shape index (κ2) is 6.23. The van der Waals surface area contributed by atoms with Crippen LogP contribution in [0.4, 0.5) is 11.4 Å². The summed E-state index contributed by atoms with van der Waals surface area (Å²) in [5.74, 6) is 0. The third kappa shape index (κ3) is 3.12. The highest BCUT2D eigenvalue weighted by Crippen LogP contribution is 2.25. The van der Waals surface area contributed by atoms with Gasteiger partial charge in [0.1, 0.15) is 0 Å². The molecule has 0 aromatic heterocycles. The number of halogens is 2. The largest absolute Gasteiger partial charge is 0.138 e. The van der Waals surface area contributed by atoms with Gasteiger partial charge in [-0.15, -0.1) is 10.2 Å². The van der Waals surface area contributed by atoms with Gasteiger partial charge in [-0.05, 0) is 35.4 Å².